The molecule has 12 heavy (non-hydrogen) atoms. The molecule has 0 aliphatic carbocycles. The van der Waals surface area contributed by atoms with E-state index in [-0.39, 0.29) is 6.10 Å². The highest BCUT2D eigenvalue weighted by Crippen LogP contribution is 2.13. The molecule has 1 aromatic carbocycles. The van der Waals surface area contributed by atoms with Crippen LogP contribution in [-0.4, -0.2) is 6.10 Å². The molecule has 0 saturated carbocycles. The Morgan fingerprint density at radius 1 is 1.42 bits per heavy atom. The third-order valence-electron chi connectivity index (χ3n) is 1.56. The maximum absolute atomic E-state index is 5.53. The molecule has 0 heterocycles. The van der Waals surface area contributed by atoms with E-state index in [1.165, 1.54) is 5.56 Å². The summed E-state index contributed by atoms with van der Waals surface area (Å²) >= 11 is 0. The second-order valence-electron chi connectivity index (χ2n) is 3.06. The van der Waals surface area contributed by atoms with Crippen LogP contribution in [0.3, 0.4) is 0 Å². The van der Waals surface area contributed by atoms with Crippen LogP contribution in [0.15, 0.2) is 24.3 Å². The summed E-state index contributed by atoms with van der Waals surface area (Å²) in [6, 6.07) is 8.06. The van der Waals surface area contributed by atoms with Crippen LogP contribution < -0.4 is 10.5 Å². The monoisotopic (exact) mass is 166 g/mol. The van der Waals surface area contributed by atoms with Gasteiger partial charge >= 0.3 is 0 Å². The van der Waals surface area contributed by atoms with E-state index >= 15 is 0 Å². The van der Waals surface area contributed by atoms with Crippen molar-refractivity contribution < 1.29 is 10.5 Å². The molecule has 1 rings (SSSR count). The van der Waals surface area contributed by atoms with Gasteiger partial charge in [-0.25, -0.2) is 0 Å². The number of rotatable bonds is 3. The molecule has 0 aliphatic heterocycles. The summed E-state index contributed by atoms with van der Waals surface area (Å²) in [5, 5.41) is 0. The van der Waals surface area contributed by atoms with Crippen molar-refractivity contribution in [1.29, 1.82) is 0 Å². The fourth-order valence-corrected chi connectivity index (χ4v) is 1.05. The largest absolute Gasteiger partial charge is 0.491 e. The first kappa shape index (κ1) is 9.07. The molecule has 0 spiro atoms. The van der Waals surface area contributed by atoms with Gasteiger partial charge in [-0.1, -0.05) is 12.1 Å². The molecule has 0 aliphatic rings. The second kappa shape index (κ2) is 4.12. The molecule has 2 heteroatoms. The molecule has 0 saturated heterocycles. The van der Waals surface area contributed by atoms with Gasteiger partial charge in [0.1, 0.15) is 5.75 Å². The number of ether oxygens (including phenoxy) is 1. The second-order valence-corrected chi connectivity index (χ2v) is 3.06. The zero-order valence-electron chi connectivity index (χ0n) is 7.71. The van der Waals surface area contributed by atoms with Crippen molar-refractivity contribution in [3.05, 3.63) is 29.8 Å². The van der Waals surface area contributed by atoms with E-state index in [2.05, 4.69) is 11.8 Å². The highest BCUT2D eigenvalue weighted by atomic mass is 16.5. The SMILES string of the molecule is CC(C)Oc1cccc(C[NH3+])c1. The quantitative estimate of drug-likeness (QED) is 0.720. The Morgan fingerprint density at radius 2 is 2.17 bits per heavy atom. The molecule has 0 bridgehead atoms. The molecular formula is C10H16NO+. The molecule has 2 nitrogen and oxygen atoms in total. The van der Waals surface area contributed by atoms with Crippen LogP contribution in [0.2, 0.25) is 0 Å². The first-order valence-corrected chi connectivity index (χ1v) is 4.27. The van der Waals surface area contributed by atoms with Gasteiger partial charge in [0.05, 0.1) is 12.6 Å². The molecule has 0 aromatic heterocycles. The Bertz CT molecular complexity index is 245. The van der Waals surface area contributed by atoms with Crippen LogP contribution in [-0.2, 0) is 6.54 Å². The third kappa shape index (κ3) is 2.55. The molecule has 1 aromatic rings. The van der Waals surface area contributed by atoms with Crippen molar-refractivity contribution in [2.75, 3.05) is 0 Å². The van der Waals surface area contributed by atoms with Crippen LogP contribution in [0.5, 0.6) is 5.75 Å². The maximum atomic E-state index is 5.53. The van der Waals surface area contributed by atoms with Crippen LogP contribution in [0.1, 0.15) is 19.4 Å². The summed E-state index contributed by atoms with van der Waals surface area (Å²) in [5.41, 5.74) is 5.04. The lowest BCUT2D eigenvalue weighted by molar-refractivity contribution is -0.386. The molecule has 0 fully saturated rings. The number of benzene rings is 1. The van der Waals surface area contributed by atoms with Crippen molar-refractivity contribution in [2.45, 2.75) is 26.5 Å². The first-order valence-electron chi connectivity index (χ1n) is 4.27. The normalized spacial score (nSPS) is 10.3. The lowest BCUT2D eigenvalue weighted by Crippen LogP contribution is -2.47. The van der Waals surface area contributed by atoms with Crippen LogP contribution in [0.25, 0.3) is 0 Å². The van der Waals surface area contributed by atoms with E-state index in [0.717, 1.165) is 12.3 Å². The van der Waals surface area contributed by atoms with E-state index in [1.54, 1.807) is 0 Å². The van der Waals surface area contributed by atoms with E-state index in [4.69, 9.17) is 4.74 Å². The number of hydrogen-bond acceptors (Lipinski definition) is 1. The summed E-state index contributed by atoms with van der Waals surface area (Å²) in [7, 11) is 0. The van der Waals surface area contributed by atoms with Crippen LogP contribution >= 0.6 is 0 Å². The van der Waals surface area contributed by atoms with Gasteiger partial charge in [-0.15, -0.1) is 0 Å². The maximum Gasteiger partial charge on any atom is 0.120 e. The molecular weight excluding hydrogens is 150 g/mol. The number of hydrogen-bond donors (Lipinski definition) is 1. The minimum absolute atomic E-state index is 0.241. The Hall–Kier alpha value is -1.02. The molecule has 0 radical (unpaired) electrons. The Morgan fingerprint density at radius 3 is 2.75 bits per heavy atom. The molecule has 0 atom stereocenters. The highest BCUT2D eigenvalue weighted by Gasteiger charge is 1.98. The summed E-state index contributed by atoms with van der Waals surface area (Å²) in [6.45, 7) is 4.86. The van der Waals surface area contributed by atoms with Gasteiger partial charge < -0.3 is 10.5 Å². The Kier molecular flexibility index (Phi) is 3.11. The Balaban J connectivity index is 2.72. The van der Waals surface area contributed by atoms with Gasteiger partial charge in [-0.3, -0.25) is 0 Å². The molecule has 0 unspecified atom stereocenters. The van der Waals surface area contributed by atoms with Gasteiger partial charge in [-0.05, 0) is 26.0 Å². The van der Waals surface area contributed by atoms with Gasteiger partial charge in [0, 0.05) is 5.56 Å². The zero-order valence-corrected chi connectivity index (χ0v) is 7.71. The lowest BCUT2D eigenvalue weighted by atomic mass is 10.2. The summed E-state index contributed by atoms with van der Waals surface area (Å²) < 4.78 is 5.53. The third-order valence-corrected chi connectivity index (χ3v) is 1.56. The van der Waals surface area contributed by atoms with E-state index < -0.39 is 0 Å². The van der Waals surface area contributed by atoms with Crippen molar-refractivity contribution in [3.63, 3.8) is 0 Å². The van der Waals surface area contributed by atoms with Crippen molar-refractivity contribution >= 4 is 0 Å². The van der Waals surface area contributed by atoms with Crippen molar-refractivity contribution in [1.82, 2.24) is 0 Å². The molecule has 66 valence electrons. The predicted molar refractivity (Wildman–Crippen MR) is 48.8 cm³/mol. The predicted octanol–water partition coefficient (Wildman–Crippen LogP) is 1.22. The summed E-state index contributed by atoms with van der Waals surface area (Å²) in [5.74, 6) is 0.936. The van der Waals surface area contributed by atoms with Gasteiger partial charge in [-0.2, -0.15) is 0 Å². The standard InChI is InChI=1S/C10H15NO/c1-8(2)12-10-5-3-4-9(6-10)7-11/h3-6,8H,7,11H2,1-2H3/p+1. The fourth-order valence-electron chi connectivity index (χ4n) is 1.05. The van der Waals surface area contributed by atoms with Gasteiger partial charge in [0.15, 0.2) is 0 Å². The average Bonchev–Trinajstić information content (AvgIpc) is 2.03. The van der Waals surface area contributed by atoms with E-state index in [9.17, 15) is 0 Å². The van der Waals surface area contributed by atoms with Crippen LogP contribution in [0.4, 0.5) is 0 Å². The van der Waals surface area contributed by atoms with E-state index in [1.807, 2.05) is 32.0 Å². The number of quaternary nitrogens is 1. The summed E-state index contributed by atoms with van der Waals surface area (Å²) in [4.78, 5) is 0. The first-order chi connectivity index (χ1) is 5.72. The Labute approximate surface area is 73.3 Å². The van der Waals surface area contributed by atoms with E-state index in [0.29, 0.717) is 0 Å². The molecule has 3 N–H and O–H groups in total. The minimum atomic E-state index is 0.241. The van der Waals surface area contributed by atoms with Crippen LogP contribution in [0, 0.1) is 0 Å². The smallest absolute Gasteiger partial charge is 0.120 e. The van der Waals surface area contributed by atoms with Crippen molar-refractivity contribution in [2.24, 2.45) is 0 Å². The fraction of sp³-hybridized carbons (Fsp3) is 0.400. The lowest BCUT2D eigenvalue weighted by Gasteiger charge is -2.09. The zero-order chi connectivity index (χ0) is 8.97. The topological polar surface area (TPSA) is 36.9 Å². The highest BCUT2D eigenvalue weighted by molar-refractivity contribution is 5.27. The minimum Gasteiger partial charge on any atom is -0.491 e. The van der Waals surface area contributed by atoms with Gasteiger partial charge in [0.25, 0.3) is 0 Å². The average molecular weight is 166 g/mol. The van der Waals surface area contributed by atoms with Crippen molar-refractivity contribution in [3.8, 4) is 5.75 Å². The summed E-state index contributed by atoms with van der Waals surface area (Å²) in [6.07, 6.45) is 0.241. The van der Waals surface area contributed by atoms with Gasteiger partial charge in [0.2, 0.25) is 0 Å². The molecule has 0 amide bonds.